The molecule has 114 valence electrons. The first-order valence-electron chi connectivity index (χ1n) is 7.30. The number of rotatable bonds is 7. The highest BCUT2D eigenvalue weighted by Crippen LogP contribution is 2.22. The Balaban J connectivity index is 3.09. The fourth-order valence-electron chi connectivity index (χ4n) is 2.14. The molecule has 3 nitrogen and oxygen atoms in total. The molecule has 0 aliphatic carbocycles. The molecule has 1 N–H and O–H groups in total. The van der Waals surface area contributed by atoms with Gasteiger partial charge < -0.3 is 5.32 Å². The average Bonchev–Trinajstić information content (AvgIpc) is 2.37. The largest absolute Gasteiger partial charge is 0.309 e. The van der Waals surface area contributed by atoms with Crippen LogP contribution < -0.4 is 5.32 Å². The molecule has 0 spiro atoms. The Kier molecular flexibility index (Phi) is 6.21. The molecule has 0 amide bonds. The Morgan fingerprint density at radius 2 is 1.85 bits per heavy atom. The van der Waals surface area contributed by atoms with Crippen molar-refractivity contribution < 1.29 is 8.42 Å². The van der Waals surface area contributed by atoms with Gasteiger partial charge in [0.1, 0.15) is 0 Å². The van der Waals surface area contributed by atoms with Crippen molar-refractivity contribution in [3.8, 4) is 0 Å². The Labute approximate surface area is 123 Å². The summed E-state index contributed by atoms with van der Waals surface area (Å²) in [6.07, 6.45) is 0.989. The highest BCUT2D eigenvalue weighted by Gasteiger charge is 2.24. The van der Waals surface area contributed by atoms with Gasteiger partial charge in [-0.05, 0) is 51.8 Å². The van der Waals surface area contributed by atoms with Gasteiger partial charge in [-0.2, -0.15) is 0 Å². The van der Waals surface area contributed by atoms with Crippen molar-refractivity contribution in [3.05, 3.63) is 34.9 Å². The van der Waals surface area contributed by atoms with Crippen LogP contribution in [0.3, 0.4) is 0 Å². The van der Waals surface area contributed by atoms with Gasteiger partial charge in [0.25, 0.3) is 0 Å². The van der Waals surface area contributed by atoms with E-state index in [-0.39, 0.29) is 17.0 Å². The number of hydrogen-bond acceptors (Lipinski definition) is 3. The van der Waals surface area contributed by atoms with Gasteiger partial charge in [0.2, 0.25) is 0 Å². The molecule has 1 aromatic carbocycles. The van der Waals surface area contributed by atoms with Gasteiger partial charge in [-0.15, -0.1) is 0 Å². The maximum Gasteiger partial charge on any atom is 0.154 e. The molecule has 0 saturated carbocycles. The van der Waals surface area contributed by atoms with E-state index in [4.69, 9.17) is 0 Å². The topological polar surface area (TPSA) is 46.2 Å². The maximum absolute atomic E-state index is 12.2. The van der Waals surface area contributed by atoms with Crippen LogP contribution in [-0.2, 0) is 9.84 Å². The summed E-state index contributed by atoms with van der Waals surface area (Å²) in [6, 6.07) is 6.10. The highest BCUT2D eigenvalue weighted by molar-refractivity contribution is 7.92. The van der Waals surface area contributed by atoms with Gasteiger partial charge in [0.15, 0.2) is 9.84 Å². The Morgan fingerprint density at radius 3 is 2.40 bits per heavy atom. The Morgan fingerprint density at radius 1 is 1.20 bits per heavy atom. The molecule has 1 unspecified atom stereocenters. The molecule has 0 saturated heterocycles. The zero-order valence-electron chi connectivity index (χ0n) is 13.2. The lowest BCUT2D eigenvalue weighted by Crippen LogP contribution is -2.32. The van der Waals surface area contributed by atoms with Gasteiger partial charge in [0.05, 0.1) is 11.0 Å². The van der Waals surface area contributed by atoms with E-state index in [1.54, 1.807) is 13.8 Å². The fourth-order valence-corrected chi connectivity index (χ4v) is 3.28. The standard InChI is InChI=1S/C16H27NO2S/c1-6-9-17-16(11-20(18,19)12(2)3)15-10-13(4)7-8-14(15)5/h7-8,10,12,16-17H,6,9,11H2,1-5H3. The molecule has 0 aliphatic rings. The van der Waals surface area contributed by atoms with E-state index in [0.717, 1.165) is 29.7 Å². The van der Waals surface area contributed by atoms with Gasteiger partial charge in [0, 0.05) is 6.04 Å². The number of sulfone groups is 1. The Hall–Kier alpha value is -0.870. The predicted octanol–water partition coefficient (Wildman–Crippen LogP) is 3.17. The minimum atomic E-state index is -3.07. The third kappa shape index (κ3) is 4.60. The van der Waals surface area contributed by atoms with Crippen molar-refractivity contribution in [2.24, 2.45) is 0 Å². The average molecular weight is 297 g/mol. The summed E-state index contributed by atoms with van der Waals surface area (Å²) in [4.78, 5) is 0. The van der Waals surface area contributed by atoms with Crippen LogP contribution in [0.2, 0.25) is 0 Å². The predicted molar refractivity (Wildman–Crippen MR) is 85.9 cm³/mol. The van der Waals surface area contributed by atoms with E-state index >= 15 is 0 Å². The summed E-state index contributed by atoms with van der Waals surface area (Å²) < 4.78 is 24.5. The van der Waals surface area contributed by atoms with E-state index < -0.39 is 9.84 Å². The summed E-state index contributed by atoms with van der Waals surface area (Å²) in [5, 5.41) is 3.05. The van der Waals surface area contributed by atoms with Gasteiger partial charge >= 0.3 is 0 Å². The first-order chi connectivity index (χ1) is 9.27. The molecule has 0 radical (unpaired) electrons. The minimum absolute atomic E-state index is 0.123. The third-order valence-corrected chi connectivity index (χ3v) is 5.80. The summed E-state index contributed by atoms with van der Waals surface area (Å²) >= 11 is 0. The van der Waals surface area contributed by atoms with E-state index in [0.29, 0.717) is 0 Å². The lowest BCUT2D eigenvalue weighted by Gasteiger charge is -2.22. The van der Waals surface area contributed by atoms with Gasteiger partial charge in [-0.25, -0.2) is 8.42 Å². The molecule has 0 aliphatic heterocycles. The quantitative estimate of drug-likeness (QED) is 0.841. The number of hydrogen-bond donors (Lipinski definition) is 1. The number of benzene rings is 1. The van der Waals surface area contributed by atoms with Crippen molar-refractivity contribution >= 4 is 9.84 Å². The first-order valence-corrected chi connectivity index (χ1v) is 9.01. The maximum atomic E-state index is 12.2. The molecular weight excluding hydrogens is 270 g/mol. The lowest BCUT2D eigenvalue weighted by atomic mass is 10.00. The molecule has 0 fully saturated rings. The van der Waals surface area contributed by atoms with Crippen molar-refractivity contribution in [3.63, 3.8) is 0 Å². The van der Waals surface area contributed by atoms with Crippen molar-refractivity contribution in [1.82, 2.24) is 5.32 Å². The lowest BCUT2D eigenvalue weighted by molar-refractivity contribution is 0.540. The first kappa shape index (κ1) is 17.2. The molecule has 0 bridgehead atoms. The molecular formula is C16H27NO2S. The summed E-state index contributed by atoms with van der Waals surface area (Å²) in [7, 11) is -3.07. The number of aryl methyl sites for hydroxylation is 2. The van der Waals surface area contributed by atoms with Crippen LogP contribution in [-0.4, -0.2) is 26.0 Å². The zero-order chi connectivity index (χ0) is 15.3. The second-order valence-electron chi connectivity index (χ2n) is 5.75. The smallest absolute Gasteiger partial charge is 0.154 e. The second-order valence-corrected chi connectivity index (χ2v) is 8.35. The molecule has 1 atom stereocenters. The summed E-state index contributed by atoms with van der Waals surface area (Å²) in [5.41, 5.74) is 3.40. The van der Waals surface area contributed by atoms with Crippen LogP contribution in [0.5, 0.6) is 0 Å². The van der Waals surface area contributed by atoms with E-state index in [1.807, 2.05) is 13.8 Å². The van der Waals surface area contributed by atoms with Crippen LogP contribution >= 0.6 is 0 Å². The van der Waals surface area contributed by atoms with Crippen LogP contribution in [0.25, 0.3) is 0 Å². The van der Waals surface area contributed by atoms with E-state index in [1.165, 1.54) is 0 Å². The SMILES string of the molecule is CCCNC(CS(=O)(=O)C(C)C)c1cc(C)ccc1C. The van der Waals surface area contributed by atoms with Crippen molar-refractivity contribution in [2.75, 3.05) is 12.3 Å². The van der Waals surface area contributed by atoms with Crippen LogP contribution in [0.15, 0.2) is 18.2 Å². The number of nitrogens with one attached hydrogen (secondary N) is 1. The molecule has 0 heterocycles. The molecule has 1 rings (SSSR count). The summed E-state index contributed by atoms with van der Waals surface area (Å²) in [5.74, 6) is 0.162. The monoisotopic (exact) mass is 297 g/mol. The van der Waals surface area contributed by atoms with Gasteiger partial charge in [-0.3, -0.25) is 0 Å². The molecule has 4 heteroatoms. The van der Waals surface area contributed by atoms with Crippen LogP contribution in [0.4, 0.5) is 0 Å². The normalized spacial score (nSPS) is 13.7. The van der Waals surface area contributed by atoms with Crippen molar-refractivity contribution in [2.45, 2.75) is 52.3 Å². The molecule has 1 aromatic rings. The summed E-state index contributed by atoms with van der Waals surface area (Å²) in [6.45, 7) is 10.5. The minimum Gasteiger partial charge on any atom is -0.309 e. The third-order valence-electron chi connectivity index (χ3n) is 3.57. The molecule has 0 aromatic heterocycles. The van der Waals surface area contributed by atoms with Crippen molar-refractivity contribution in [1.29, 1.82) is 0 Å². The fraction of sp³-hybridized carbons (Fsp3) is 0.625. The van der Waals surface area contributed by atoms with Crippen LogP contribution in [0, 0.1) is 13.8 Å². The van der Waals surface area contributed by atoms with E-state index in [9.17, 15) is 8.42 Å². The Bertz CT molecular complexity index is 535. The second kappa shape index (κ2) is 7.23. The highest BCUT2D eigenvalue weighted by atomic mass is 32.2. The molecule has 20 heavy (non-hydrogen) atoms. The van der Waals surface area contributed by atoms with Crippen LogP contribution in [0.1, 0.15) is 49.9 Å². The van der Waals surface area contributed by atoms with E-state index in [2.05, 4.69) is 30.4 Å². The zero-order valence-corrected chi connectivity index (χ0v) is 14.0. The van der Waals surface area contributed by atoms with Gasteiger partial charge in [-0.1, -0.05) is 30.7 Å².